The molecule has 0 saturated carbocycles. The van der Waals surface area contributed by atoms with Crippen molar-refractivity contribution < 1.29 is 9.72 Å². The maximum absolute atomic E-state index is 12.3. The Kier molecular flexibility index (Phi) is 6.40. The Morgan fingerprint density at radius 1 is 1.19 bits per heavy atom. The molecule has 2 heterocycles. The lowest BCUT2D eigenvalue weighted by Crippen LogP contribution is -2.48. The van der Waals surface area contributed by atoms with E-state index in [4.69, 9.17) is 0 Å². The van der Waals surface area contributed by atoms with Gasteiger partial charge in [-0.3, -0.25) is 19.8 Å². The van der Waals surface area contributed by atoms with E-state index in [0.717, 1.165) is 36.5 Å². The summed E-state index contributed by atoms with van der Waals surface area (Å²) in [5.74, 6) is 0.775. The fraction of sp³-hybridized carbons (Fsp3) is 0.294. The Labute approximate surface area is 173 Å². The van der Waals surface area contributed by atoms with Crippen LogP contribution in [0, 0.1) is 10.1 Å². The van der Waals surface area contributed by atoms with Gasteiger partial charge in [0, 0.05) is 53.5 Å². The van der Waals surface area contributed by atoms with Crippen molar-refractivity contribution in [3.8, 4) is 0 Å². The van der Waals surface area contributed by atoms with Crippen LogP contribution >= 0.6 is 31.9 Å². The van der Waals surface area contributed by atoms with E-state index in [9.17, 15) is 14.9 Å². The second-order valence-electron chi connectivity index (χ2n) is 6.07. The van der Waals surface area contributed by atoms with Crippen molar-refractivity contribution in [1.29, 1.82) is 0 Å². The van der Waals surface area contributed by atoms with E-state index in [1.807, 2.05) is 12.1 Å². The minimum atomic E-state index is -0.476. The number of pyridine rings is 1. The molecule has 1 aliphatic rings. The lowest BCUT2D eigenvalue weighted by atomic mass is 10.2. The average Bonchev–Trinajstić information content (AvgIpc) is 2.64. The topological polar surface area (TPSA) is 91.6 Å². The number of anilines is 2. The first-order valence-electron chi connectivity index (χ1n) is 8.25. The predicted molar refractivity (Wildman–Crippen MR) is 110 cm³/mol. The van der Waals surface area contributed by atoms with Crippen molar-refractivity contribution in [2.75, 3.05) is 42.9 Å². The number of non-ortho nitro benzene ring substituents is 1. The number of nitrogens with one attached hydrogen (secondary N) is 1. The molecule has 0 radical (unpaired) electrons. The molecule has 0 bridgehead atoms. The maximum Gasteiger partial charge on any atom is 0.270 e. The number of benzene rings is 1. The SMILES string of the molecule is O=C(CN1CCN(c2ccc(Br)cn2)CC1)Nc1ccc([N+](=O)[O-])cc1Br. The van der Waals surface area contributed by atoms with Crippen LogP contribution in [0.4, 0.5) is 17.2 Å². The van der Waals surface area contributed by atoms with E-state index in [1.54, 1.807) is 6.20 Å². The third-order valence-corrected chi connectivity index (χ3v) is 5.34. The summed E-state index contributed by atoms with van der Waals surface area (Å²) in [4.78, 5) is 31.3. The number of nitro benzene ring substituents is 1. The molecule has 0 atom stereocenters. The van der Waals surface area contributed by atoms with Gasteiger partial charge in [0.25, 0.3) is 5.69 Å². The molecule has 3 rings (SSSR count). The Balaban J connectivity index is 1.51. The zero-order valence-corrected chi connectivity index (χ0v) is 17.4. The summed E-state index contributed by atoms with van der Waals surface area (Å²) in [7, 11) is 0. The predicted octanol–water partition coefficient (Wildman–Crippen LogP) is 3.28. The van der Waals surface area contributed by atoms with Gasteiger partial charge in [-0.25, -0.2) is 4.98 Å². The average molecular weight is 499 g/mol. The number of nitrogens with zero attached hydrogens (tertiary/aromatic N) is 4. The molecule has 0 spiro atoms. The number of halogens is 2. The minimum Gasteiger partial charge on any atom is -0.354 e. The zero-order valence-electron chi connectivity index (χ0n) is 14.3. The first kappa shape index (κ1) is 19.7. The lowest BCUT2D eigenvalue weighted by Gasteiger charge is -2.35. The van der Waals surface area contributed by atoms with Gasteiger partial charge in [-0.1, -0.05) is 0 Å². The fourth-order valence-corrected chi connectivity index (χ4v) is 3.50. The number of rotatable bonds is 5. The summed E-state index contributed by atoms with van der Waals surface area (Å²) in [5, 5.41) is 13.6. The summed E-state index contributed by atoms with van der Waals surface area (Å²) < 4.78 is 1.43. The van der Waals surface area contributed by atoms with Gasteiger partial charge in [-0.05, 0) is 50.1 Å². The van der Waals surface area contributed by atoms with Gasteiger partial charge in [0.15, 0.2) is 0 Å². The summed E-state index contributed by atoms with van der Waals surface area (Å²) in [6.45, 7) is 3.37. The Morgan fingerprint density at radius 3 is 2.52 bits per heavy atom. The second-order valence-corrected chi connectivity index (χ2v) is 7.84. The number of nitro groups is 1. The Morgan fingerprint density at radius 2 is 1.93 bits per heavy atom. The first-order chi connectivity index (χ1) is 12.9. The standard InChI is InChI=1S/C17H17Br2N5O3/c18-12-1-4-16(20-10-12)23-7-5-22(6-8-23)11-17(25)21-15-3-2-13(24(26)27)9-14(15)19/h1-4,9-10H,5-8,11H2,(H,21,25). The van der Waals surface area contributed by atoms with Crippen LogP contribution in [-0.4, -0.2) is 53.4 Å². The number of amides is 1. The third kappa shape index (κ3) is 5.24. The molecule has 0 unspecified atom stereocenters. The number of carbonyl (C=O) groups is 1. The van der Waals surface area contributed by atoms with Crippen LogP contribution in [0.25, 0.3) is 0 Å². The normalized spacial score (nSPS) is 14.8. The maximum atomic E-state index is 12.3. The van der Waals surface area contributed by atoms with Crippen LogP contribution in [0.2, 0.25) is 0 Å². The van der Waals surface area contributed by atoms with Gasteiger partial charge in [0.05, 0.1) is 17.2 Å². The highest BCUT2D eigenvalue weighted by Crippen LogP contribution is 2.27. The van der Waals surface area contributed by atoms with Crippen molar-refractivity contribution in [3.05, 3.63) is 55.6 Å². The molecule has 2 aromatic rings. The van der Waals surface area contributed by atoms with Crippen LogP contribution in [0.15, 0.2) is 45.5 Å². The van der Waals surface area contributed by atoms with E-state index < -0.39 is 4.92 Å². The molecule has 0 aliphatic carbocycles. The van der Waals surface area contributed by atoms with E-state index in [2.05, 4.69) is 52.0 Å². The first-order valence-corrected chi connectivity index (χ1v) is 9.83. The summed E-state index contributed by atoms with van der Waals surface area (Å²) in [6.07, 6.45) is 1.78. The van der Waals surface area contributed by atoms with E-state index in [0.29, 0.717) is 10.2 Å². The van der Waals surface area contributed by atoms with Gasteiger partial charge >= 0.3 is 0 Å². The molecule has 1 N–H and O–H groups in total. The molecular formula is C17H17Br2N5O3. The van der Waals surface area contributed by atoms with Gasteiger partial charge in [0.1, 0.15) is 5.82 Å². The number of aromatic nitrogens is 1. The highest BCUT2D eigenvalue weighted by Gasteiger charge is 2.20. The summed E-state index contributed by atoms with van der Waals surface area (Å²) in [5.41, 5.74) is 0.487. The number of hydrogen-bond acceptors (Lipinski definition) is 6. The summed E-state index contributed by atoms with van der Waals surface area (Å²) in [6, 6.07) is 8.20. The Hall–Kier alpha value is -2.04. The fourth-order valence-electron chi connectivity index (χ4n) is 2.80. The van der Waals surface area contributed by atoms with Crippen molar-refractivity contribution in [2.45, 2.75) is 0 Å². The molecule has 1 saturated heterocycles. The molecule has 1 fully saturated rings. The summed E-state index contributed by atoms with van der Waals surface area (Å²) >= 11 is 6.64. The van der Waals surface area contributed by atoms with Gasteiger partial charge in [-0.15, -0.1) is 0 Å². The van der Waals surface area contributed by atoms with Gasteiger partial charge in [0.2, 0.25) is 5.91 Å². The van der Waals surface area contributed by atoms with Crippen molar-refractivity contribution in [3.63, 3.8) is 0 Å². The van der Waals surface area contributed by atoms with Crippen LogP contribution in [-0.2, 0) is 4.79 Å². The molecule has 142 valence electrons. The van der Waals surface area contributed by atoms with E-state index in [1.165, 1.54) is 18.2 Å². The quantitative estimate of drug-likeness (QED) is 0.502. The molecule has 1 aromatic carbocycles. The minimum absolute atomic E-state index is 0.0300. The number of hydrogen-bond donors (Lipinski definition) is 1. The zero-order chi connectivity index (χ0) is 19.4. The Bertz CT molecular complexity index is 839. The van der Waals surface area contributed by atoms with E-state index >= 15 is 0 Å². The van der Waals surface area contributed by atoms with Crippen molar-refractivity contribution in [1.82, 2.24) is 9.88 Å². The van der Waals surface area contributed by atoms with Crippen molar-refractivity contribution >= 4 is 55.0 Å². The molecule has 1 aliphatic heterocycles. The van der Waals surface area contributed by atoms with Crippen LogP contribution < -0.4 is 10.2 Å². The monoisotopic (exact) mass is 497 g/mol. The largest absolute Gasteiger partial charge is 0.354 e. The molecule has 1 amide bonds. The van der Waals surface area contributed by atoms with Gasteiger partial charge in [-0.2, -0.15) is 0 Å². The third-order valence-electron chi connectivity index (χ3n) is 4.21. The van der Waals surface area contributed by atoms with Crippen LogP contribution in [0.5, 0.6) is 0 Å². The number of carbonyl (C=O) groups excluding carboxylic acids is 1. The molecular weight excluding hydrogens is 482 g/mol. The smallest absolute Gasteiger partial charge is 0.270 e. The molecule has 27 heavy (non-hydrogen) atoms. The van der Waals surface area contributed by atoms with Crippen LogP contribution in [0.3, 0.4) is 0 Å². The molecule has 1 aromatic heterocycles. The lowest BCUT2D eigenvalue weighted by molar-refractivity contribution is -0.384. The van der Waals surface area contributed by atoms with E-state index in [-0.39, 0.29) is 18.1 Å². The molecule has 10 heteroatoms. The second kappa shape index (κ2) is 8.77. The van der Waals surface area contributed by atoms with Crippen molar-refractivity contribution in [2.24, 2.45) is 0 Å². The number of piperazine rings is 1. The highest BCUT2D eigenvalue weighted by atomic mass is 79.9. The van der Waals surface area contributed by atoms with Crippen LogP contribution in [0.1, 0.15) is 0 Å². The van der Waals surface area contributed by atoms with Gasteiger partial charge < -0.3 is 10.2 Å². The highest BCUT2D eigenvalue weighted by molar-refractivity contribution is 9.10. The molecule has 8 nitrogen and oxygen atoms in total.